The number of allylic oxidation sites excluding steroid dienone is 2. The minimum absolute atomic E-state index is 0.114. The van der Waals surface area contributed by atoms with Gasteiger partial charge in [-0.15, -0.1) is 10.2 Å². The van der Waals surface area contributed by atoms with Gasteiger partial charge in [-0.1, -0.05) is 80.0 Å². The lowest BCUT2D eigenvalue weighted by molar-refractivity contribution is 0.0991. The molecule has 0 radical (unpaired) electrons. The van der Waals surface area contributed by atoms with Gasteiger partial charge in [0, 0.05) is 23.6 Å². The molecule has 1 aliphatic carbocycles. The van der Waals surface area contributed by atoms with Crippen molar-refractivity contribution in [2.45, 2.75) is 49.8 Å². The van der Waals surface area contributed by atoms with Gasteiger partial charge in [-0.05, 0) is 6.42 Å². The fourth-order valence-corrected chi connectivity index (χ4v) is 4.70. The number of fused-ring (bicyclic) bond motifs is 1. The van der Waals surface area contributed by atoms with Gasteiger partial charge in [0.05, 0.1) is 4.91 Å². The summed E-state index contributed by atoms with van der Waals surface area (Å²) < 4.78 is 0.718. The molecule has 0 unspecified atom stereocenters. The van der Waals surface area contributed by atoms with Crippen LogP contribution in [0.25, 0.3) is 0 Å². The van der Waals surface area contributed by atoms with Crippen LogP contribution in [-0.2, 0) is 6.42 Å². The Balaban J connectivity index is 1.62. The fourth-order valence-electron chi connectivity index (χ4n) is 2.72. The minimum atomic E-state index is -0.127. The summed E-state index contributed by atoms with van der Waals surface area (Å²) >= 11 is 2.76. The summed E-state index contributed by atoms with van der Waals surface area (Å²) in [7, 11) is 0. The fraction of sp³-hybridized carbons (Fsp3) is 0.368. The first kappa shape index (κ1) is 18.0. The third-order valence-corrected chi connectivity index (χ3v) is 6.12. The van der Waals surface area contributed by atoms with Crippen LogP contribution < -0.4 is 0 Å². The second kappa shape index (κ2) is 8.54. The van der Waals surface area contributed by atoms with Crippen molar-refractivity contribution in [1.82, 2.24) is 10.2 Å². The zero-order chi connectivity index (χ0) is 17.6. The maximum Gasteiger partial charge on any atom is 0.200 e. The molecule has 2 aromatic rings. The molecule has 0 aliphatic heterocycles. The summed E-state index contributed by atoms with van der Waals surface area (Å²) in [5.41, 5.74) is 0.944. The highest BCUT2D eigenvalue weighted by atomic mass is 32.2. The van der Waals surface area contributed by atoms with Gasteiger partial charge in [0.2, 0.25) is 5.78 Å². The maximum absolute atomic E-state index is 12.6. The van der Waals surface area contributed by atoms with Crippen LogP contribution in [0.5, 0.6) is 0 Å². The first-order valence-corrected chi connectivity index (χ1v) is 10.2. The summed E-state index contributed by atoms with van der Waals surface area (Å²) in [6.45, 7) is 2.21. The smallest absolute Gasteiger partial charge is 0.200 e. The molecule has 1 heterocycles. The van der Waals surface area contributed by atoms with E-state index in [0.29, 0.717) is 16.0 Å². The number of hydrogen-bond acceptors (Lipinski definition) is 6. The summed E-state index contributed by atoms with van der Waals surface area (Å²) in [6, 6.07) is 6.94. The Hall–Kier alpha value is -1.79. The molecule has 6 heteroatoms. The molecule has 0 saturated carbocycles. The third kappa shape index (κ3) is 4.44. The van der Waals surface area contributed by atoms with E-state index in [4.69, 9.17) is 0 Å². The topological polar surface area (TPSA) is 59.9 Å². The van der Waals surface area contributed by atoms with Gasteiger partial charge < -0.3 is 0 Å². The quantitative estimate of drug-likeness (QED) is 0.603. The third-order valence-electron chi connectivity index (χ3n) is 4.06. The Morgan fingerprint density at radius 3 is 2.56 bits per heavy atom. The number of carbonyl (C=O) groups is 2. The highest BCUT2D eigenvalue weighted by molar-refractivity contribution is 8.05. The summed E-state index contributed by atoms with van der Waals surface area (Å²) in [4.78, 5) is 25.2. The molecule has 0 N–H and O–H groups in total. The number of hydrogen-bond donors (Lipinski definition) is 0. The lowest BCUT2D eigenvalue weighted by Crippen LogP contribution is -2.15. The van der Waals surface area contributed by atoms with E-state index in [0.717, 1.165) is 22.2 Å². The largest absolute Gasteiger partial charge is 0.289 e. The molecule has 0 atom stereocenters. The molecule has 3 rings (SSSR count). The number of benzene rings is 1. The summed E-state index contributed by atoms with van der Waals surface area (Å²) in [6.07, 6.45) is 8.46. The predicted molar refractivity (Wildman–Crippen MR) is 101 cm³/mol. The van der Waals surface area contributed by atoms with E-state index in [2.05, 4.69) is 17.1 Å². The van der Waals surface area contributed by atoms with Crippen LogP contribution in [0.4, 0.5) is 0 Å². The highest BCUT2D eigenvalue weighted by Gasteiger charge is 2.26. The average molecular weight is 373 g/mol. The molecule has 25 heavy (non-hydrogen) atoms. The van der Waals surface area contributed by atoms with Gasteiger partial charge in [0.1, 0.15) is 5.01 Å². The molecule has 1 aliphatic rings. The van der Waals surface area contributed by atoms with E-state index in [1.807, 2.05) is 0 Å². The molecule has 130 valence electrons. The van der Waals surface area contributed by atoms with Crippen LogP contribution in [-0.4, -0.2) is 21.8 Å². The molecule has 1 aromatic carbocycles. The molecule has 0 spiro atoms. The van der Waals surface area contributed by atoms with E-state index >= 15 is 0 Å². The van der Waals surface area contributed by atoms with Gasteiger partial charge in [0.15, 0.2) is 10.1 Å². The zero-order valence-corrected chi connectivity index (χ0v) is 15.8. The lowest BCUT2D eigenvalue weighted by Gasteiger charge is -2.12. The van der Waals surface area contributed by atoms with Crippen LogP contribution in [0.3, 0.4) is 0 Å². The summed E-state index contributed by atoms with van der Waals surface area (Å²) in [5.74, 6) is -0.241. The van der Waals surface area contributed by atoms with Crippen LogP contribution in [0.2, 0.25) is 0 Å². The van der Waals surface area contributed by atoms with Crippen molar-refractivity contribution in [2.24, 2.45) is 0 Å². The van der Waals surface area contributed by atoms with Crippen molar-refractivity contribution in [3.63, 3.8) is 0 Å². The standard InChI is InChI=1S/C19H20N2O2S2/c1-2-3-4-5-6-11-17-20-21-19(25-17)24-16-12-15(22)13-9-7-8-10-14(13)18(16)23/h7-10,12H,2-6,11H2,1H3. The van der Waals surface area contributed by atoms with Crippen LogP contribution in [0.1, 0.15) is 64.8 Å². The van der Waals surface area contributed by atoms with Gasteiger partial charge in [-0.25, -0.2) is 0 Å². The van der Waals surface area contributed by atoms with E-state index < -0.39 is 0 Å². The number of thioether (sulfide) groups is 1. The van der Waals surface area contributed by atoms with Crippen LogP contribution in [0, 0.1) is 0 Å². The predicted octanol–water partition coefficient (Wildman–Crippen LogP) is 5.11. The summed E-state index contributed by atoms with van der Waals surface area (Å²) in [5, 5.41) is 9.38. The van der Waals surface area contributed by atoms with Crippen LogP contribution >= 0.6 is 23.1 Å². The maximum atomic E-state index is 12.6. The van der Waals surface area contributed by atoms with Crippen molar-refractivity contribution in [3.05, 3.63) is 51.4 Å². The first-order valence-electron chi connectivity index (χ1n) is 8.59. The first-order chi connectivity index (χ1) is 12.2. The van der Waals surface area contributed by atoms with Gasteiger partial charge >= 0.3 is 0 Å². The Morgan fingerprint density at radius 1 is 1.00 bits per heavy atom. The van der Waals surface area contributed by atoms with E-state index in [1.165, 1.54) is 54.9 Å². The molecule has 0 bridgehead atoms. The van der Waals surface area contributed by atoms with Crippen molar-refractivity contribution in [3.8, 4) is 0 Å². The number of Topliss-reactive ketones (excluding diaryl/α,β-unsaturated/α-hetero) is 1. The van der Waals surface area contributed by atoms with E-state index in [-0.39, 0.29) is 11.6 Å². The number of ketones is 2. The monoisotopic (exact) mass is 372 g/mol. The second-order valence-corrected chi connectivity index (χ2v) is 8.33. The second-order valence-electron chi connectivity index (χ2n) is 5.98. The van der Waals surface area contributed by atoms with E-state index in [9.17, 15) is 9.59 Å². The number of unbranched alkanes of at least 4 members (excludes halogenated alkanes) is 4. The number of aromatic nitrogens is 2. The Bertz CT molecular complexity index is 811. The Morgan fingerprint density at radius 2 is 1.76 bits per heavy atom. The molecular formula is C19H20N2O2S2. The van der Waals surface area contributed by atoms with Crippen LogP contribution in [0.15, 0.2) is 39.6 Å². The van der Waals surface area contributed by atoms with Crippen molar-refractivity contribution in [2.75, 3.05) is 0 Å². The zero-order valence-electron chi connectivity index (χ0n) is 14.2. The van der Waals surface area contributed by atoms with Gasteiger partial charge in [-0.3, -0.25) is 9.59 Å². The number of nitrogens with zero attached hydrogens (tertiary/aromatic N) is 2. The molecule has 0 amide bonds. The molecule has 4 nitrogen and oxygen atoms in total. The lowest BCUT2D eigenvalue weighted by atomic mass is 9.95. The minimum Gasteiger partial charge on any atom is -0.289 e. The SMILES string of the molecule is CCCCCCCc1nnc(SC2=CC(=O)c3ccccc3C2=O)s1. The van der Waals surface area contributed by atoms with Crippen molar-refractivity contribution in [1.29, 1.82) is 0 Å². The molecule has 0 fully saturated rings. The van der Waals surface area contributed by atoms with Crippen molar-refractivity contribution >= 4 is 34.7 Å². The number of rotatable bonds is 8. The normalized spacial score (nSPS) is 13.7. The molecular weight excluding hydrogens is 352 g/mol. The van der Waals surface area contributed by atoms with Gasteiger partial charge in [-0.2, -0.15) is 0 Å². The van der Waals surface area contributed by atoms with Gasteiger partial charge in [0.25, 0.3) is 0 Å². The average Bonchev–Trinajstić information content (AvgIpc) is 3.07. The molecule has 0 saturated heterocycles. The number of carbonyl (C=O) groups excluding carboxylic acids is 2. The highest BCUT2D eigenvalue weighted by Crippen LogP contribution is 2.35. The van der Waals surface area contributed by atoms with Crippen molar-refractivity contribution < 1.29 is 9.59 Å². The number of aryl methyl sites for hydroxylation is 1. The molecule has 1 aromatic heterocycles. The Kier molecular flexibility index (Phi) is 6.15. The Labute approximate surface area is 155 Å². The van der Waals surface area contributed by atoms with E-state index in [1.54, 1.807) is 24.3 Å².